The van der Waals surface area contributed by atoms with Gasteiger partial charge in [0.1, 0.15) is 11.4 Å². The lowest BCUT2D eigenvalue weighted by Gasteiger charge is -2.05. The van der Waals surface area contributed by atoms with Gasteiger partial charge in [0, 0.05) is 6.54 Å². The van der Waals surface area contributed by atoms with Crippen LogP contribution in [0.5, 0.6) is 0 Å². The number of nitrogens with one attached hydrogen (secondary N) is 1. The number of sulfonamides is 1. The summed E-state index contributed by atoms with van der Waals surface area (Å²) >= 11 is 0. The van der Waals surface area contributed by atoms with Gasteiger partial charge in [-0.05, 0) is 12.1 Å². The minimum absolute atomic E-state index is 0.299. The zero-order valence-electron chi connectivity index (χ0n) is 9.50. The maximum absolute atomic E-state index is 12.8. The fraction of sp³-hybridized carbons (Fsp3) is 0.222. The van der Waals surface area contributed by atoms with E-state index in [-0.39, 0.29) is 12.1 Å². The van der Waals surface area contributed by atoms with Crippen LogP contribution in [-0.2, 0) is 10.0 Å². The van der Waals surface area contributed by atoms with Crippen molar-refractivity contribution in [2.45, 2.75) is 0 Å². The van der Waals surface area contributed by atoms with E-state index < -0.39 is 38.1 Å². The number of primary sulfonamides is 1. The Morgan fingerprint density at radius 1 is 1.47 bits per heavy atom. The molecule has 0 heterocycles. The lowest BCUT2D eigenvalue weighted by molar-refractivity contribution is -0.385. The molecule has 3 N–H and O–H groups in total. The van der Waals surface area contributed by atoms with Crippen LogP contribution in [0.15, 0.2) is 18.2 Å². The molecule has 0 saturated carbocycles. The first-order chi connectivity index (χ1) is 8.70. The predicted octanol–water partition coefficient (Wildman–Crippen LogP) is -0.248. The van der Waals surface area contributed by atoms with E-state index in [1.165, 1.54) is 0 Å². The Morgan fingerprint density at radius 2 is 2.11 bits per heavy atom. The van der Waals surface area contributed by atoms with Gasteiger partial charge in [-0.3, -0.25) is 14.9 Å². The molecule has 19 heavy (non-hydrogen) atoms. The number of halogens is 1. The molecule has 0 spiro atoms. The second-order valence-electron chi connectivity index (χ2n) is 3.54. The minimum Gasteiger partial charge on any atom is -0.351 e. The summed E-state index contributed by atoms with van der Waals surface area (Å²) in [6.07, 6.45) is 0. The highest BCUT2D eigenvalue weighted by molar-refractivity contribution is 7.89. The molecule has 0 fully saturated rings. The van der Waals surface area contributed by atoms with Crippen LogP contribution in [0.3, 0.4) is 0 Å². The summed E-state index contributed by atoms with van der Waals surface area (Å²) in [6, 6.07) is 2.44. The molecule has 0 saturated heterocycles. The van der Waals surface area contributed by atoms with Crippen molar-refractivity contribution in [3.05, 3.63) is 39.7 Å². The van der Waals surface area contributed by atoms with Crippen LogP contribution in [0.2, 0.25) is 0 Å². The molecule has 0 atom stereocenters. The molecule has 0 aromatic heterocycles. The fourth-order valence-electron chi connectivity index (χ4n) is 1.25. The van der Waals surface area contributed by atoms with E-state index in [2.05, 4.69) is 5.32 Å². The molecule has 1 rings (SSSR count). The Hall–Kier alpha value is -2.07. The fourth-order valence-corrected chi connectivity index (χ4v) is 1.64. The van der Waals surface area contributed by atoms with E-state index in [1.807, 2.05) is 0 Å². The molecular weight excluding hydrogens is 281 g/mol. The van der Waals surface area contributed by atoms with Crippen molar-refractivity contribution in [1.29, 1.82) is 0 Å². The number of carbonyl (C=O) groups is 1. The highest BCUT2D eigenvalue weighted by Crippen LogP contribution is 2.19. The topological polar surface area (TPSA) is 132 Å². The van der Waals surface area contributed by atoms with Crippen molar-refractivity contribution < 1.29 is 22.5 Å². The number of rotatable bonds is 5. The Morgan fingerprint density at radius 3 is 2.63 bits per heavy atom. The molecule has 8 nitrogen and oxygen atoms in total. The largest absolute Gasteiger partial charge is 0.351 e. The van der Waals surface area contributed by atoms with Gasteiger partial charge in [0.05, 0.1) is 16.7 Å². The Bertz CT molecular complexity index is 616. The van der Waals surface area contributed by atoms with Crippen molar-refractivity contribution in [2.75, 3.05) is 12.3 Å². The highest BCUT2D eigenvalue weighted by atomic mass is 32.2. The first-order valence-electron chi connectivity index (χ1n) is 4.93. The van der Waals surface area contributed by atoms with Crippen LogP contribution >= 0.6 is 0 Å². The molecular formula is C9H10FN3O5S. The quantitative estimate of drug-likeness (QED) is 0.570. The second kappa shape index (κ2) is 5.71. The first-order valence-corrected chi connectivity index (χ1v) is 6.65. The van der Waals surface area contributed by atoms with Gasteiger partial charge in [-0.1, -0.05) is 0 Å². The lowest BCUT2D eigenvalue weighted by Crippen LogP contribution is -2.31. The maximum atomic E-state index is 12.8. The second-order valence-corrected chi connectivity index (χ2v) is 5.28. The van der Waals surface area contributed by atoms with Crippen LogP contribution in [0.25, 0.3) is 0 Å². The van der Waals surface area contributed by atoms with E-state index in [0.29, 0.717) is 6.07 Å². The van der Waals surface area contributed by atoms with Crippen molar-refractivity contribution in [3.8, 4) is 0 Å². The summed E-state index contributed by atoms with van der Waals surface area (Å²) in [5.41, 5.74) is -1.06. The number of hydrogen-bond acceptors (Lipinski definition) is 5. The third-order valence-corrected chi connectivity index (χ3v) is 2.85. The minimum atomic E-state index is -3.74. The third-order valence-electron chi connectivity index (χ3n) is 2.07. The number of nitrogens with zero attached hydrogens (tertiary/aromatic N) is 1. The number of nitro benzene ring substituents is 1. The lowest BCUT2D eigenvalue weighted by atomic mass is 10.1. The summed E-state index contributed by atoms with van der Waals surface area (Å²) in [6.45, 7) is -0.299. The van der Waals surface area contributed by atoms with Crippen molar-refractivity contribution in [3.63, 3.8) is 0 Å². The average molecular weight is 291 g/mol. The van der Waals surface area contributed by atoms with E-state index in [4.69, 9.17) is 5.14 Å². The predicted molar refractivity (Wildman–Crippen MR) is 63.4 cm³/mol. The van der Waals surface area contributed by atoms with E-state index in [9.17, 15) is 27.7 Å². The summed E-state index contributed by atoms with van der Waals surface area (Å²) < 4.78 is 34.1. The van der Waals surface area contributed by atoms with Gasteiger partial charge < -0.3 is 5.32 Å². The molecule has 104 valence electrons. The first kappa shape index (κ1) is 15.0. The summed E-state index contributed by atoms with van der Waals surface area (Å²) in [5, 5.41) is 17.5. The van der Waals surface area contributed by atoms with Gasteiger partial charge in [-0.15, -0.1) is 0 Å². The highest BCUT2D eigenvalue weighted by Gasteiger charge is 2.20. The van der Waals surface area contributed by atoms with Crippen LogP contribution in [0.1, 0.15) is 10.4 Å². The molecule has 0 bridgehead atoms. The van der Waals surface area contributed by atoms with Gasteiger partial charge >= 0.3 is 0 Å². The molecule has 10 heteroatoms. The molecule has 1 aromatic rings. The summed E-state index contributed by atoms with van der Waals surface area (Å²) in [4.78, 5) is 21.3. The number of nitro groups is 1. The van der Waals surface area contributed by atoms with Crippen LogP contribution in [0, 0.1) is 15.9 Å². The molecule has 0 aliphatic rings. The van der Waals surface area contributed by atoms with Crippen LogP contribution in [-0.4, -0.2) is 31.5 Å². The van der Waals surface area contributed by atoms with Gasteiger partial charge in [0.2, 0.25) is 10.0 Å². The number of amides is 1. The van der Waals surface area contributed by atoms with Crippen molar-refractivity contribution >= 4 is 21.6 Å². The molecule has 0 unspecified atom stereocenters. The SMILES string of the molecule is NS(=O)(=O)CCNC(=O)c1ccc(F)cc1[N+](=O)[O-]. The van der Waals surface area contributed by atoms with Crippen LogP contribution < -0.4 is 10.5 Å². The van der Waals surface area contributed by atoms with Crippen molar-refractivity contribution in [1.82, 2.24) is 5.32 Å². The van der Waals surface area contributed by atoms with Gasteiger partial charge in [-0.2, -0.15) is 0 Å². The number of carbonyl (C=O) groups excluding carboxylic acids is 1. The van der Waals surface area contributed by atoms with E-state index >= 15 is 0 Å². The summed E-state index contributed by atoms with van der Waals surface area (Å²) in [7, 11) is -3.74. The molecule has 1 amide bonds. The molecule has 0 aliphatic heterocycles. The monoisotopic (exact) mass is 291 g/mol. The van der Waals surface area contributed by atoms with Gasteiger partial charge in [0.15, 0.2) is 0 Å². The van der Waals surface area contributed by atoms with Crippen LogP contribution in [0.4, 0.5) is 10.1 Å². The smallest absolute Gasteiger partial charge is 0.285 e. The molecule has 0 radical (unpaired) electrons. The standard InChI is InChI=1S/C9H10FN3O5S/c10-6-1-2-7(8(5-6)13(15)16)9(14)12-3-4-19(11,17)18/h1-2,5H,3-4H2,(H,12,14)(H2,11,17,18). The average Bonchev–Trinajstić information content (AvgIpc) is 2.26. The molecule has 0 aliphatic carbocycles. The van der Waals surface area contributed by atoms with Crippen molar-refractivity contribution in [2.24, 2.45) is 5.14 Å². The maximum Gasteiger partial charge on any atom is 0.285 e. The Labute approximate surface area is 107 Å². The normalized spacial score (nSPS) is 11.1. The molecule has 1 aromatic carbocycles. The number of nitrogens with two attached hydrogens (primary N) is 1. The third kappa shape index (κ3) is 4.60. The number of benzene rings is 1. The summed E-state index contributed by atoms with van der Waals surface area (Å²) in [5.74, 6) is -2.24. The Balaban J connectivity index is 2.85. The number of hydrogen-bond donors (Lipinski definition) is 2. The zero-order valence-corrected chi connectivity index (χ0v) is 10.3. The van der Waals surface area contributed by atoms with E-state index in [0.717, 1.165) is 12.1 Å². The Kier molecular flexibility index (Phi) is 4.51. The zero-order chi connectivity index (χ0) is 14.6. The van der Waals surface area contributed by atoms with E-state index in [1.54, 1.807) is 0 Å². The van der Waals surface area contributed by atoms with Gasteiger partial charge in [-0.25, -0.2) is 17.9 Å². The van der Waals surface area contributed by atoms with Gasteiger partial charge in [0.25, 0.3) is 11.6 Å².